The van der Waals surface area contributed by atoms with Gasteiger partial charge < -0.3 is 10.1 Å². The van der Waals surface area contributed by atoms with Crippen LogP contribution in [0.15, 0.2) is 58.1 Å². The van der Waals surface area contributed by atoms with Crippen LogP contribution < -0.4 is 15.5 Å². The summed E-state index contributed by atoms with van der Waals surface area (Å²) in [6.45, 7) is 1.42. The van der Waals surface area contributed by atoms with E-state index in [2.05, 4.69) is 31.8 Å². The fourth-order valence-electron chi connectivity index (χ4n) is 1.88. The van der Waals surface area contributed by atoms with E-state index in [0.29, 0.717) is 17.1 Å². The van der Waals surface area contributed by atoms with Crippen molar-refractivity contribution in [1.29, 1.82) is 0 Å². The zero-order valence-electron chi connectivity index (χ0n) is 14.0. The lowest BCUT2D eigenvalue weighted by Gasteiger charge is -2.07. The Morgan fingerprint density at radius 2 is 1.73 bits per heavy atom. The molecule has 0 heterocycles. The number of hydrogen-bond donors (Lipinski definition) is 2. The van der Waals surface area contributed by atoms with Crippen LogP contribution in [0.1, 0.15) is 13.3 Å². The van der Waals surface area contributed by atoms with Gasteiger partial charge >= 0.3 is 0 Å². The van der Waals surface area contributed by atoms with Crippen LogP contribution in [0, 0.1) is 5.82 Å². The van der Waals surface area contributed by atoms with Crippen molar-refractivity contribution in [1.82, 2.24) is 5.43 Å². The highest BCUT2D eigenvalue weighted by Crippen LogP contribution is 2.15. The second-order valence-electron chi connectivity index (χ2n) is 5.36. The summed E-state index contributed by atoms with van der Waals surface area (Å²) in [5, 5.41) is 6.47. The van der Waals surface area contributed by atoms with E-state index in [0.717, 1.165) is 4.47 Å². The molecule has 2 rings (SSSR count). The number of ether oxygens (including phenoxy) is 1. The van der Waals surface area contributed by atoms with Gasteiger partial charge in [0, 0.05) is 15.9 Å². The first-order chi connectivity index (χ1) is 12.4. The molecule has 2 amide bonds. The highest BCUT2D eigenvalue weighted by molar-refractivity contribution is 9.10. The van der Waals surface area contributed by atoms with E-state index in [-0.39, 0.29) is 24.8 Å². The molecule has 0 aliphatic carbocycles. The molecule has 0 saturated heterocycles. The molecule has 0 fully saturated rings. The van der Waals surface area contributed by atoms with Crippen molar-refractivity contribution in [2.75, 3.05) is 11.9 Å². The van der Waals surface area contributed by atoms with Crippen LogP contribution in [0.4, 0.5) is 10.1 Å². The van der Waals surface area contributed by atoms with Crippen LogP contribution in [-0.4, -0.2) is 24.1 Å². The molecule has 2 aromatic carbocycles. The van der Waals surface area contributed by atoms with Gasteiger partial charge in [-0.3, -0.25) is 9.59 Å². The number of nitrogens with one attached hydrogen (secondary N) is 2. The molecule has 0 aliphatic heterocycles. The summed E-state index contributed by atoms with van der Waals surface area (Å²) in [4.78, 5) is 23.6. The van der Waals surface area contributed by atoms with Crippen molar-refractivity contribution in [2.45, 2.75) is 13.3 Å². The Labute approximate surface area is 158 Å². The molecule has 2 aromatic rings. The van der Waals surface area contributed by atoms with Crippen molar-refractivity contribution >= 4 is 39.1 Å². The summed E-state index contributed by atoms with van der Waals surface area (Å²) in [5.41, 5.74) is 3.23. The van der Waals surface area contributed by atoms with E-state index in [1.165, 1.54) is 24.3 Å². The Hall–Kier alpha value is -2.74. The summed E-state index contributed by atoms with van der Waals surface area (Å²) in [7, 11) is 0. The number of anilines is 1. The molecule has 0 saturated carbocycles. The molecule has 0 bridgehead atoms. The minimum Gasteiger partial charge on any atom is -0.484 e. The van der Waals surface area contributed by atoms with Crippen LogP contribution >= 0.6 is 15.9 Å². The zero-order chi connectivity index (χ0) is 18.9. The predicted molar refractivity (Wildman–Crippen MR) is 101 cm³/mol. The first-order valence-corrected chi connectivity index (χ1v) is 8.47. The Balaban J connectivity index is 1.74. The number of rotatable bonds is 7. The Kier molecular flexibility index (Phi) is 7.28. The number of halogens is 2. The van der Waals surface area contributed by atoms with Crippen LogP contribution in [0.2, 0.25) is 0 Å². The molecule has 2 N–H and O–H groups in total. The van der Waals surface area contributed by atoms with Gasteiger partial charge in [-0.2, -0.15) is 5.10 Å². The van der Waals surface area contributed by atoms with Gasteiger partial charge in [0.25, 0.3) is 5.91 Å². The summed E-state index contributed by atoms with van der Waals surface area (Å²) < 4.78 is 19.0. The first-order valence-electron chi connectivity index (χ1n) is 7.68. The minimum atomic E-state index is -0.439. The molecule has 136 valence electrons. The molecule has 0 aliphatic rings. The Morgan fingerprint density at radius 3 is 2.38 bits per heavy atom. The molecule has 8 heteroatoms. The average Bonchev–Trinajstić information content (AvgIpc) is 2.61. The zero-order valence-corrected chi connectivity index (χ0v) is 15.5. The molecule has 6 nitrogen and oxygen atoms in total. The number of nitrogens with zero attached hydrogens (tertiary/aromatic N) is 1. The first kappa shape index (κ1) is 19.6. The largest absolute Gasteiger partial charge is 0.484 e. The SMILES string of the molecule is C/C(CC(=O)Nc1ccc(F)cc1)=N\NC(=O)COc1ccc(Br)cc1. The second kappa shape index (κ2) is 9.67. The van der Waals surface area contributed by atoms with Crippen LogP contribution in [-0.2, 0) is 9.59 Å². The lowest BCUT2D eigenvalue weighted by Crippen LogP contribution is -2.26. The van der Waals surface area contributed by atoms with Gasteiger partial charge in [-0.15, -0.1) is 0 Å². The van der Waals surface area contributed by atoms with Gasteiger partial charge in [0.2, 0.25) is 5.91 Å². The Morgan fingerprint density at radius 1 is 1.08 bits per heavy atom. The lowest BCUT2D eigenvalue weighted by molar-refractivity contribution is -0.123. The van der Waals surface area contributed by atoms with Crippen molar-refractivity contribution < 1.29 is 18.7 Å². The third-order valence-electron chi connectivity index (χ3n) is 3.10. The molecular formula is C18H17BrFN3O3. The highest BCUT2D eigenvalue weighted by atomic mass is 79.9. The normalized spacial score (nSPS) is 11.0. The topological polar surface area (TPSA) is 79.8 Å². The van der Waals surface area contributed by atoms with Gasteiger partial charge in [0.15, 0.2) is 6.61 Å². The fraction of sp³-hybridized carbons (Fsp3) is 0.167. The standard InChI is InChI=1S/C18H17BrFN3O3/c1-12(10-17(24)21-15-6-4-14(20)5-7-15)22-23-18(25)11-26-16-8-2-13(19)3-9-16/h2-9H,10-11H2,1H3,(H,21,24)(H,23,25)/b22-12+. The molecule has 0 spiro atoms. The van der Waals surface area contributed by atoms with Crippen molar-refractivity contribution in [2.24, 2.45) is 5.10 Å². The van der Waals surface area contributed by atoms with Gasteiger partial charge in [0.05, 0.1) is 6.42 Å². The van der Waals surface area contributed by atoms with Crippen LogP contribution in [0.25, 0.3) is 0 Å². The van der Waals surface area contributed by atoms with Crippen molar-refractivity contribution in [3.8, 4) is 5.75 Å². The number of benzene rings is 2. The molecule has 0 radical (unpaired) electrons. The van der Waals surface area contributed by atoms with Gasteiger partial charge in [-0.05, 0) is 55.5 Å². The quantitative estimate of drug-likeness (QED) is 0.530. The number of amides is 2. The van der Waals surface area contributed by atoms with Crippen molar-refractivity contribution in [3.63, 3.8) is 0 Å². The molecule has 0 atom stereocenters. The average molecular weight is 422 g/mol. The van der Waals surface area contributed by atoms with E-state index >= 15 is 0 Å². The summed E-state index contributed by atoms with van der Waals surface area (Å²) in [6, 6.07) is 12.5. The fourth-order valence-corrected chi connectivity index (χ4v) is 2.14. The van der Waals surface area contributed by atoms with E-state index in [1.54, 1.807) is 31.2 Å². The van der Waals surface area contributed by atoms with Gasteiger partial charge in [0.1, 0.15) is 11.6 Å². The molecule has 0 unspecified atom stereocenters. The molecule has 0 aromatic heterocycles. The number of hydrogen-bond acceptors (Lipinski definition) is 4. The van der Waals surface area contributed by atoms with Crippen LogP contribution in [0.5, 0.6) is 5.75 Å². The number of carbonyl (C=O) groups is 2. The van der Waals surface area contributed by atoms with Gasteiger partial charge in [-0.25, -0.2) is 9.82 Å². The van der Waals surface area contributed by atoms with E-state index in [4.69, 9.17) is 4.74 Å². The number of hydrazone groups is 1. The molecule has 26 heavy (non-hydrogen) atoms. The smallest absolute Gasteiger partial charge is 0.277 e. The second-order valence-corrected chi connectivity index (χ2v) is 6.27. The van der Waals surface area contributed by atoms with Gasteiger partial charge in [-0.1, -0.05) is 15.9 Å². The van der Waals surface area contributed by atoms with Crippen LogP contribution in [0.3, 0.4) is 0 Å². The summed E-state index contributed by atoms with van der Waals surface area (Å²) >= 11 is 3.31. The summed E-state index contributed by atoms with van der Waals surface area (Å²) in [5.74, 6) is -0.582. The third-order valence-corrected chi connectivity index (χ3v) is 3.63. The van der Waals surface area contributed by atoms with Crippen molar-refractivity contribution in [3.05, 3.63) is 58.8 Å². The number of carbonyl (C=O) groups excluding carboxylic acids is 2. The maximum Gasteiger partial charge on any atom is 0.277 e. The maximum atomic E-state index is 12.8. The minimum absolute atomic E-state index is 0.00870. The van der Waals surface area contributed by atoms with E-state index in [9.17, 15) is 14.0 Å². The highest BCUT2D eigenvalue weighted by Gasteiger charge is 2.06. The summed E-state index contributed by atoms with van der Waals surface area (Å²) in [6.07, 6.45) is -0.00870. The Bertz CT molecular complexity index is 792. The maximum absolute atomic E-state index is 12.8. The van der Waals surface area contributed by atoms with E-state index in [1.807, 2.05) is 0 Å². The molecular weight excluding hydrogens is 405 g/mol. The van der Waals surface area contributed by atoms with E-state index < -0.39 is 5.91 Å². The lowest BCUT2D eigenvalue weighted by atomic mass is 10.2. The monoisotopic (exact) mass is 421 g/mol. The third kappa shape index (κ3) is 7.02. The predicted octanol–water partition coefficient (Wildman–Crippen LogP) is 3.49.